The summed E-state index contributed by atoms with van der Waals surface area (Å²) in [6.07, 6.45) is -11.8. The third-order valence-electron chi connectivity index (χ3n) is 7.29. The minimum Gasteiger partial charge on any atom is -0.483 e. The number of aromatic nitrogens is 2. The van der Waals surface area contributed by atoms with E-state index in [1.807, 2.05) is 0 Å². The maximum Gasteiger partial charge on any atom is 0.406 e. The highest BCUT2D eigenvalue weighted by molar-refractivity contribution is 7.14. The molecule has 2 saturated carbocycles. The second kappa shape index (κ2) is 10.3. The first-order valence-corrected chi connectivity index (χ1v) is 13.3. The summed E-state index contributed by atoms with van der Waals surface area (Å²) >= 11 is 7.25. The van der Waals surface area contributed by atoms with Crippen molar-refractivity contribution in [1.82, 2.24) is 20.0 Å². The lowest BCUT2D eigenvalue weighted by atomic mass is 9.81. The number of carbonyl (C=O) groups is 3. The number of amides is 3. The Labute approximate surface area is 236 Å². The molecule has 3 amide bonds. The lowest BCUT2D eigenvalue weighted by Gasteiger charge is -2.38. The molecule has 4 N–H and O–H groups in total. The molecule has 1 aliphatic heterocycles. The summed E-state index contributed by atoms with van der Waals surface area (Å²) in [6, 6.07) is 1.07. The first-order valence-electron chi connectivity index (χ1n) is 12.1. The summed E-state index contributed by atoms with van der Waals surface area (Å²) < 4.78 is 59.0. The van der Waals surface area contributed by atoms with Crippen molar-refractivity contribution in [2.45, 2.75) is 61.9 Å². The number of rotatable bonds is 7. The van der Waals surface area contributed by atoms with E-state index in [1.165, 1.54) is 6.07 Å². The molecular formula is C23H21ClF4N4O8S. The van der Waals surface area contributed by atoms with Crippen LogP contribution >= 0.6 is 22.9 Å². The molecule has 2 aliphatic carbocycles. The molecule has 18 heteroatoms. The molecule has 1 saturated heterocycles. The molecule has 0 bridgehead atoms. The molecule has 1 aromatic heterocycles. The third kappa shape index (κ3) is 5.20. The van der Waals surface area contributed by atoms with Gasteiger partial charge in [-0.15, -0.1) is 10.2 Å². The molecular weight excluding hydrogens is 604 g/mol. The highest BCUT2D eigenvalue weighted by Gasteiger charge is 2.66. The predicted octanol–water partition coefficient (Wildman–Crippen LogP) is 1.79. The number of halogens is 5. The van der Waals surface area contributed by atoms with E-state index in [0.717, 1.165) is 22.3 Å². The number of hydrogen-bond donors (Lipinski definition) is 4. The molecule has 1 aromatic carbocycles. The van der Waals surface area contributed by atoms with Gasteiger partial charge in [0, 0.05) is 12.0 Å². The fraction of sp³-hybridized carbons (Fsp3) is 0.522. The zero-order valence-electron chi connectivity index (χ0n) is 20.6. The van der Waals surface area contributed by atoms with Gasteiger partial charge in [0.15, 0.2) is 11.6 Å². The average Bonchev–Trinajstić information content (AvgIpc) is 3.53. The summed E-state index contributed by atoms with van der Waals surface area (Å²) in [6.45, 7) is -2.03. The van der Waals surface area contributed by atoms with E-state index in [0.29, 0.717) is 0 Å². The third-order valence-corrected chi connectivity index (χ3v) is 8.60. The summed E-state index contributed by atoms with van der Waals surface area (Å²) in [4.78, 5) is 37.9. The molecule has 3 fully saturated rings. The van der Waals surface area contributed by atoms with E-state index in [-0.39, 0.29) is 44.9 Å². The van der Waals surface area contributed by atoms with Crippen molar-refractivity contribution < 1.29 is 57.1 Å². The zero-order valence-corrected chi connectivity index (χ0v) is 22.2. The van der Waals surface area contributed by atoms with Crippen LogP contribution in [-0.2, 0) is 16.1 Å². The number of aliphatic hydroxyl groups is 3. The van der Waals surface area contributed by atoms with Crippen LogP contribution in [0.4, 0.5) is 22.4 Å². The smallest absolute Gasteiger partial charge is 0.406 e. The molecule has 0 radical (unpaired) electrons. The van der Waals surface area contributed by atoms with Gasteiger partial charge >= 0.3 is 18.2 Å². The summed E-state index contributed by atoms with van der Waals surface area (Å²) in [7, 11) is 0. The van der Waals surface area contributed by atoms with Gasteiger partial charge in [-0.1, -0.05) is 22.9 Å². The maximum atomic E-state index is 14.7. The van der Waals surface area contributed by atoms with Crippen LogP contribution in [0.1, 0.15) is 24.3 Å². The molecule has 1 unspecified atom stereocenters. The van der Waals surface area contributed by atoms with Gasteiger partial charge in [-0.2, -0.15) is 13.2 Å². The molecule has 3 aliphatic rings. The highest BCUT2D eigenvalue weighted by Crippen LogP contribution is 2.49. The minimum atomic E-state index is -4.77. The number of alkyl halides is 3. The molecule has 222 valence electrons. The van der Waals surface area contributed by atoms with Gasteiger partial charge in [0.2, 0.25) is 0 Å². The van der Waals surface area contributed by atoms with E-state index >= 15 is 0 Å². The number of urea groups is 1. The number of carbonyl (C=O) groups excluding carboxylic acids is 2. The Morgan fingerprint density at radius 2 is 1.83 bits per heavy atom. The van der Waals surface area contributed by atoms with Gasteiger partial charge < -0.3 is 30.1 Å². The van der Waals surface area contributed by atoms with Gasteiger partial charge in [-0.3, -0.25) is 14.5 Å². The van der Waals surface area contributed by atoms with Crippen molar-refractivity contribution in [3.63, 3.8) is 0 Å². The summed E-state index contributed by atoms with van der Waals surface area (Å²) in [5, 5.41) is 47.4. The van der Waals surface area contributed by atoms with Crippen molar-refractivity contribution in [3.05, 3.63) is 28.0 Å². The first kappa shape index (κ1) is 29.4. The van der Waals surface area contributed by atoms with Gasteiger partial charge in [-0.05, 0) is 25.0 Å². The quantitative estimate of drug-likeness (QED) is 0.263. The maximum absolute atomic E-state index is 14.7. The van der Waals surface area contributed by atoms with Crippen LogP contribution in [0, 0.1) is 11.7 Å². The van der Waals surface area contributed by atoms with Gasteiger partial charge in [-0.25, -0.2) is 9.18 Å². The largest absolute Gasteiger partial charge is 0.483 e. The van der Waals surface area contributed by atoms with Crippen LogP contribution < -0.4 is 4.74 Å². The van der Waals surface area contributed by atoms with E-state index in [9.17, 15) is 52.4 Å². The number of imide groups is 1. The highest BCUT2D eigenvalue weighted by atomic mass is 35.5. The average molecular weight is 625 g/mol. The number of aliphatic carboxylic acids is 1. The topological polar surface area (TPSA) is 174 Å². The molecule has 1 spiro atoms. The lowest BCUT2D eigenvalue weighted by molar-refractivity contribution is -0.174. The van der Waals surface area contributed by atoms with E-state index in [2.05, 4.69) is 10.2 Å². The summed E-state index contributed by atoms with van der Waals surface area (Å²) in [5.41, 5.74) is -1.29. The van der Waals surface area contributed by atoms with Crippen LogP contribution in [0.5, 0.6) is 5.75 Å². The van der Waals surface area contributed by atoms with E-state index < -0.39 is 84.5 Å². The monoisotopic (exact) mass is 624 g/mol. The number of carboxylic acid groups (broad SMARTS) is 1. The number of ether oxygens (including phenoxy) is 1. The van der Waals surface area contributed by atoms with Gasteiger partial charge in [0.25, 0.3) is 5.91 Å². The Hall–Kier alpha value is -3.12. The predicted molar refractivity (Wildman–Crippen MR) is 129 cm³/mol. The van der Waals surface area contributed by atoms with Crippen molar-refractivity contribution in [3.8, 4) is 16.3 Å². The summed E-state index contributed by atoms with van der Waals surface area (Å²) in [5.74, 6) is -5.51. The molecule has 5 rings (SSSR count). The Morgan fingerprint density at radius 3 is 2.44 bits per heavy atom. The van der Waals surface area contributed by atoms with Crippen molar-refractivity contribution >= 4 is 40.8 Å². The normalized spacial score (nSPS) is 27.6. The van der Waals surface area contributed by atoms with E-state index in [1.54, 1.807) is 0 Å². The Morgan fingerprint density at radius 1 is 1.15 bits per heavy atom. The fourth-order valence-electron chi connectivity index (χ4n) is 4.99. The first-order chi connectivity index (χ1) is 19.1. The minimum absolute atomic E-state index is 0.0798. The molecule has 2 aromatic rings. The second-order valence-electron chi connectivity index (χ2n) is 9.95. The van der Waals surface area contributed by atoms with E-state index in [4.69, 9.17) is 16.3 Å². The van der Waals surface area contributed by atoms with Gasteiger partial charge in [0.1, 0.15) is 40.4 Å². The Kier molecular flexibility index (Phi) is 7.38. The number of benzene rings is 1. The van der Waals surface area contributed by atoms with Crippen LogP contribution in [0.25, 0.3) is 10.6 Å². The van der Waals surface area contributed by atoms with Crippen molar-refractivity contribution in [2.75, 3.05) is 6.54 Å². The number of carboxylic acids is 1. The number of aliphatic hydroxyl groups excluding tert-OH is 3. The van der Waals surface area contributed by atoms with Crippen LogP contribution in [-0.4, -0.2) is 101 Å². The SMILES string of the molecule is O=C(O)[C@H]1CC(Oc2c(F)ccc(-c3nnc(CN4C(=O)N(CC(F)(F)F)C(=O)C45CC5)s3)c2Cl)[C@H](O)[C@@H](O)[C@@H]1O. The van der Waals surface area contributed by atoms with Crippen molar-refractivity contribution in [2.24, 2.45) is 5.92 Å². The molecule has 2 heterocycles. The standard InChI is InChI=1S/C23H21ClF4N4O8S/c24-13-8(1-2-10(25)17(13)40-11-5-9(19(36)37)14(33)16(35)15(11)34)18-30-29-12(41-18)6-32-21(39)31(7-23(26,27)28)20(38)22(32)3-4-22/h1-2,9,11,14-16,33-35H,3-7H2,(H,36,37)/t9-,11?,14+,15-,16-/m0/s1. The fourth-order valence-corrected chi connectivity index (χ4v) is 6.20. The molecule has 41 heavy (non-hydrogen) atoms. The van der Waals surface area contributed by atoms with Crippen LogP contribution in [0.3, 0.4) is 0 Å². The van der Waals surface area contributed by atoms with Gasteiger partial charge in [0.05, 0.1) is 23.6 Å². The second-order valence-corrected chi connectivity index (χ2v) is 11.4. The van der Waals surface area contributed by atoms with Crippen LogP contribution in [0.2, 0.25) is 5.02 Å². The lowest BCUT2D eigenvalue weighted by Crippen LogP contribution is -2.57. The zero-order chi connectivity index (χ0) is 30.0. The van der Waals surface area contributed by atoms with Crippen molar-refractivity contribution in [1.29, 1.82) is 0 Å². The Balaban J connectivity index is 1.37. The molecule has 5 atom stereocenters. The number of hydrogen-bond acceptors (Lipinski definition) is 10. The molecule has 12 nitrogen and oxygen atoms in total. The number of nitrogens with zero attached hydrogens (tertiary/aromatic N) is 4. The van der Waals surface area contributed by atoms with Crippen LogP contribution in [0.15, 0.2) is 12.1 Å². The Bertz CT molecular complexity index is 1410.